The van der Waals surface area contributed by atoms with Gasteiger partial charge in [0.2, 0.25) is 5.91 Å². The molecule has 0 unspecified atom stereocenters. The molecule has 0 saturated carbocycles. The van der Waals surface area contributed by atoms with E-state index in [1.807, 2.05) is 20.8 Å². The molecule has 1 aliphatic heterocycles. The Kier molecular flexibility index (Phi) is 6.57. The summed E-state index contributed by atoms with van der Waals surface area (Å²) in [5.74, 6) is -1.18. The fourth-order valence-electron chi connectivity index (χ4n) is 3.19. The molecule has 1 saturated heterocycles. The summed E-state index contributed by atoms with van der Waals surface area (Å²) in [6.45, 7) is 7.87. The lowest BCUT2D eigenvalue weighted by molar-refractivity contribution is -0.140. The maximum absolute atomic E-state index is 13.2. The van der Waals surface area contributed by atoms with Crippen molar-refractivity contribution in [2.75, 3.05) is 13.1 Å². The number of carbonyl (C=O) groups excluding carboxylic acids is 3. The zero-order valence-corrected chi connectivity index (χ0v) is 16.4. The minimum atomic E-state index is -1.31. The third-order valence-electron chi connectivity index (χ3n) is 5.19. The van der Waals surface area contributed by atoms with Crippen LogP contribution in [-0.4, -0.2) is 46.8 Å². The summed E-state index contributed by atoms with van der Waals surface area (Å²) in [5, 5.41) is 2.64. The number of nitrogens with zero attached hydrogens (tertiary/aromatic N) is 2. The van der Waals surface area contributed by atoms with E-state index in [2.05, 4.69) is 5.32 Å². The molecule has 1 aromatic rings. The Balaban J connectivity index is 2.18. The van der Waals surface area contributed by atoms with Crippen LogP contribution in [0.4, 0.5) is 9.18 Å². The topological polar surface area (TPSA) is 69.7 Å². The van der Waals surface area contributed by atoms with E-state index in [0.29, 0.717) is 12.1 Å². The maximum atomic E-state index is 13.2. The second-order valence-electron chi connectivity index (χ2n) is 7.15. The molecule has 4 amide bonds. The summed E-state index contributed by atoms with van der Waals surface area (Å²) in [6.07, 6.45) is 2.61. The molecule has 1 N–H and O–H groups in total. The van der Waals surface area contributed by atoms with Crippen molar-refractivity contribution in [1.29, 1.82) is 0 Å². The number of unbranched alkanes of at least 4 members (excludes halogenated alkanes) is 1. The molecular weight excluding hydrogens is 349 g/mol. The Morgan fingerprint density at radius 3 is 2.44 bits per heavy atom. The van der Waals surface area contributed by atoms with E-state index in [1.165, 1.54) is 24.3 Å². The molecule has 27 heavy (non-hydrogen) atoms. The quantitative estimate of drug-likeness (QED) is 0.708. The molecule has 1 aliphatic rings. The third kappa shape index (κ3) is 4.28. The number of benzene rings is 1. The molecule has 0 radical (unpaired) electrons. The summed E-state index contributed by atoms with van der Waals surface area (Å²) >= 11 is 0. The van der Waals surface area contributed by atoms with Gasteiger partial charge in [0.05, 0.1) is 0 Å². The maximum Gasteiger partial charge on any atom is 0.325 e. The van der Waals surface area contributed by atoms with Gasteiger partial charge in [-0.3, -0.25) is 14.5 Å². The first-order valence-corrected chi connectivity index (χ1v) is 9.44. The molecule has 148 valence electrons. The molecule has 0 aliphatic carbocycles. The molecule has 2 rings (SSSR count). The Morgan fingerprint density at radius 2 is 1.89 bits per heavy atom. The monoisotopic (exact) mass is 377 g/mol. The summed E-state index contributed by atoms with van der Waals surface area (Å²) in [4.78, 5) is 40.8. The van der Waals surface area contributed by atoms with Crippen LogP contribution in [-0.2, 0) is 15.1 Å². The van der Waals surface area contributed by atoms with Crippen molar-refractivity contribution in [2.45, 2.75) is 58.5 Å². The molecule has 0 spiro atoms. The van der Waals surface area contributed by atoms with E-state index in [1.54, 1.807) is 11.8 Å². The van der Waals surface area contributed by atoms with Gasteiger partial charge >= 0.3 is 6.03 Å². The highest BCUT2D eigenvalue weighted by Gasteiger charge is 2.49. The number of hydrogen-bond acceptors (Lipinski definition) is 3. The van der Waals surface area contributed by atoms with Crippen molar-refractivity contribution in [3.05, 3.63) is 35.6 Å². The molecule has 0 aromatic heterocycles. The Labute approximate surface area is 159 Å². The summed E-state index contributed by atoms with van der Waals surface area (Å²) in [6, 6.07) is 4.83. The number of rotatable bonds is 8. The lowest BCUT2D eigenvalue weighted by Crippen LogP contribution is -2.47. The minimum absolute atomic E-state index is 0.0355. The van der Waals surface area contributed by atoms with Crippen molar-refractivity contribution >= 4 is 17.8 Å². The highest BCUT2D eigenvalue weighted by molar-refractivity contribution is 6.09. The van der Waals surface area contributed by atoms with Crippen LogP contribution in [0.5, 0.6) is 0 Å². The zero-order valence-electron chi connectivity index (χ0n) is 16.4. The van der Waals surface area contributed by atoms with E-state index in [-0.39, 0.29) is 18.5 Å². The number of nitrogens with one attached hydrogen (secondary N) is 1. The molecule has 1 heterocycles. The van der Waals surface area contributed by atoms with E-state index in [9.17, 15) is 18.8 Å². The average molecular weight is 377 g/mol. The first kappa shape index (κ1) is 20.9. The van der Waals surface area contributed by atoms with Gasteiger partial charge in [0.25, 0.3) is 5.91 Å². The van der Waals surface area contributed by atoms with Crippen molar-refractivity contribution in [3.8, 4) is 0 Å². The van der Waals surface area contributed by atoms with Gasteiger partial charge in [-0.1, -0.05) is 32.4 Å². The van der Waals surface area contributed by atoms with Gasteiger partial charge < -0.3 is 10.2 Å². The smallest absolute Gasteiger partial charge is 0.325 e. The summed E-state index contributed by atoms with van der Waals surface area (Å²) in [7, 11) is 0. The van der Waals surface area contributed by atoms with Gasteiger partial charge in [-0.25, -0.2) is 9.18 Å². The van der Waals surface area contributed by atoms with Crippen molar-refractivity contribution in [1.82, 2.24) is 15.1 Å². The standard InChI is InChI=1S/C20H28FN3O3/c1-5-7-12-23(14(3)6-2)17(25)13-24-18(26)20(4,22-19(24)27)15-8-10-16(21)11-9-15/h8-11,14H,5-7,12-13H2,1-4H3,(H,22,27)/t14-,20-/m1/s1. The Hall–Kier alpha value is -2.44. The highest BCUT2D eigenvalue weighted by Crippen LogP contribution is 2.29. The largest absolute Gasteiger partial charge is 0.338 e. The first-order chi connectivity index (χ1) is 12.7. The summed E-state index contributed by atoms with van der Waals surface area (Å²) < 4.78 is 13.2. The van der Waals surface area contributed by atoms with Crippen molar-refractivity contribution in [2.24, 2.45) is 0 Å². The number of carbonyl (C=O) groups is 3. The van der Waals surface area contributed by atoms with Crippen molar-refractivity contribution < 1.29 is 18.8 Å². The Bertz CT molecular complexity index is 707. The van der Waals surface area contributed by atoms with Crippen LogP contribution in [0.15, 0.2) is 24.3 Å². The first-order valence-electron chi connectivity index (χ1n) is 9.44. The van der Waals surface area contributed by atoms with Gasteiger partial charge in [0.15, 0.2) is 0 Å². The number of hydrogen-bond donors (Lipinski definition) is 1. The second kappa shape index (κ2) is 8.50. The fourth-order valence-corrected chi connectivity index (χ4v) is 3.19. The molecule has 1 aromatic carbocycles. The van der Waals surface area contributed by atoms with Crippen LogP contribution < -0.4 is 5.32 Å². The normalized spacial score (nSPS) is 20.6. The number of urea groups is 1. The van der Waals surface area contributed by atoms with E-state index in [0.717, 1.165) is 24.2 Å². The van der Waals surface area contributed by atoms with Gasteiger partial charge in [-0.15, -0.1) is 0 Å². The molecule has 6 nitrogen and oxygen atoms in total. The number of imide groups is 1. The predicted molar refractivity (Wildman–Crippen MR) is 100 cm³/mol. The van der Waals surface area contributed by atoms with Crippen LogP contribution in [0.3, 0.4) is 0 Å². The molecule has 7 heteroatoms. The average Bonchev–Trinajstić information content (AvgIpc) is 2.86. The van der Waals surface area contributed by atoms with Crippen molar-refractivity contribution in [3.63, 3.8) is 0 Å². The SMILES string of the molecule is CCCCN(C(=O)CN1C(=O)N[C@](C)(c2ccc(F)cc2)C1=O)[C@H](C)CC. The molecule has 1 fully saturated rings. The third-order valence-corrected chi connectivity index (χ3v) is 5.19. The lowest BCUT2D eigenvalue weighted by atomic mass is 9.92. The van der Waals surface area contributed by atoms with Gasteiger partial charge in [0.1, 0.15) is 17.9 Å². The fraction of sp³-hybridized carbons (Fsp3) is 0.550. The van der Waals surface area contributed by atoms with Crippen LogP contribution in [0, 0.1) is 5.82 Å². The van der Waals surface area contributed by atoms with E-state index in [4.69, 9.17) is 0 Å². The van der Waals surface area contributed by atoms with Crippen LogP contribution in [0.25, 0.3) is 0 Å². The van der Waals surface area contributed by atoms with Gasteiger partial charge in [-0.05, 0) is 44.4 Å². The number of amides is 4. The zero-order chi connectivity index (χ0) is 20.2. The lowest BCUT2D eigenvalue weighted by Gasteiger charge is -2.30. The van der Waals surface area contributed by atoms with E-state index < -0.39 is 23.3 Å². The van der Waals surface area contributed by atoms with Crippen LogP contribution in [0.2, 0.25) is 0 Å². The van der Waals surface area contributed by atoms with Gasteiger partial charge in [0, 0.05) is 12.6 Å². The molecule has 0 bridgehead atoms. The summed E-state index contributed by atoms with van der Waals surface area (Å²) in [5.41, 5.74) is -0.836. The van der Waals surface area contributed by atoms with Gasteiger partial charge in [-0.2, -0.15) is 0 Å². The molecule has 2 atom stereocenters. The van der Waals surface area contributed by atoms with Crippen LogP contribution >= 0.6 is 0 Å². The number of halogens is 1. The molecular formula is C20H28FN3O3. The Morgan fingerprint density at radius 1 is 1.26 bits per heavy atom. The predicted octanol–water partition coefficient (Wildman–Crippen LogP) is 3.02. The highest BCUT2D eigenvalue weighted by atomic mass is 19.1. The second-order valence-corrected chi connectivity index (χ2v) is 7.15. The van der Waals surface area contributed by atoms with Crippen LogP contribution in [0.1, 0.15) is 52.5 Å². The van der Waals surface area contributed by atoms with E-state index >= 15 is 0 Å². The minimum Gasteiger partial charge on any atom is -0.338 e.